The predicted octanol–water partition coefficient (Wildman–Crippen LogP) is 2.86. The van der Waals surface area contributed by atoms with Crippen molar-refractivity contribution in [2.24, 2.45) is 11.7 Å². The van der Waals surface area contributed by atoms with Crippen molar-refractivity contribution in [3.8, 4) is 0 Å². The smallest absolute Gasteiger partial charge is 0.253 e. The van der Waals surface area contributed by atoms with Crippen molar-refractivity contribution < 1.29 is 9.18 Å². The lowest BCUT2D eigenvalue weighted by molar-refractivity contribution is 0.0996. The molecule has 0 aromatic heterocycles. The first kappa shape index (κ1) is 17.2. The van der Waals surface area contributed by atoms with Crippen molar-refractivity contribution in [1.29, 1.82) is 0 Å². The van der Waals surface area contributed by atoms with Gasteiger partial charge in [-0.05, 0) is 31.0 Å². The Kier molecular flexibility index (Phi) is 5.81. The van der Waals surface area contributed by atoms with Gasteiger partial charge < -0.3 is 10.6 Å². The second-order valence-electron chi connectivity index (χ2n) is 6.16. The highest BCUT2D eigenvalue weighted by atomic mass is 79.9. The fourth-order valence-corrected chi connectivity index (χ4v) is 3.12. The number of carbonyl (C=O) groups is 1. The van der Waals surface area contributed by atoms with Crippen LogP contribution in [0.2, 0.25) is 0 Å². The summed E-state index contributed by atoms with van der Waals surface area (Å²) in [5.74, 6) is -0.597. The summed E-state index contributed by atoms with van der Waals surface area (Å²) in [6.45, 7) is 8.90. The summed E-state index contributed by atoms with van der Waals surface area (Å²) in [7, 11) is 0. The number of carbonyl (C=O) groups excluding carboxylic acids is 1. The van der Waals surface area contributed by atoms with Gasteiger partial charge in [0.2, 0.25) is 0 Å². The average molecular weight is 372 g/mol. The van der Waals surface area contributed by atoms with Crippen LogP contribution in [0.4, 0.5) is 10.1 Å². The molecule has 6 heteroatoms. The van der Waals surface area contributed by atoms with Crippen LogP contribution in [0.3, 0.4) is 0 Å². The van der Waals surface area contributed by atoms with E-state index in [1.54, 1.807) is 6.07 Å². The number of hydrogen-bond acceptors (Lipinski definition) is 3. The van der Waals surface area contributed by atoms with E-state index in [0.717, 1.165) is 32.7 Å². The molecular formula is C16H23BrFN3O. The van der Waals surface area contributed by atoms with E-state index in [2.05, 4.69) is 34.7 Å². The number of piperazine rings is 1. The lowest BCUT2D eigenvalue weighted by Crippen LogP contribution is -2.47. The Labute approximate surface area is 139 Å². The molecular weight excluding hydrogens is 349 g/mol. The zero-order valence-corrected chi connectivity index (χ0v) is 14.7. The van der Waals surface area contributed by atoms with Gasteiger partial charge in [0.1, 0.15) is 5.82 Å². The number of nitrogens with two attached hydrogens (primary N) is 1. The Morgan fingerprint density at radius 1 is 1.32 bits per heavy atom. The molecule has 1 saturated heterocycles. The molecule has 1 amide bonds. The molecule has 0 aliphatic carbocycles. The summed E-state index contributed by atoms with van der Waals surface area (Å²) < 4.78 is 14.7. The van der Waals surface area contributed by atoms with Crippen molar-refractivity contribution in [1.82, 2.24) is 4.90 Å². The molecule has 2 rings (SSSR count). The lowest BCUT2D eigenvalue weighted by atomic mass is 10.1. The van der Waals surface area contributed by atoms with Gasteiger partial charge in [-0.25, -0.2) is 4.39 Å². The molecule has 1 aliphatic heterocycles. The van der Waals surface area contributed by atoms with Crippen LogP contribution in [0.25, 0.3) is 0 Å². The third kappa shape index (κ3) is 4.20. The highest BCUT2D eigenvalue weighted by Gasteiger charge is 2.23. The molecule has 1 aliphatic rings. The molecule has 1 fully saturated rings. The highest BCUT2D eigenvalue weighted by molar-refractivity contribution is 9.10. The quantitative estimate of drug-likeness (QED) is 0.865. The zero-order chi connectivity index (χ0) is 16.3. The van der Waals surface area contributed by atoms with Gasteiger partial charge in [0.25, 0.3) is 5.91 Å². The van der Waals surface area contributed by atoms with E-state index < -0.39 is 11.7 Å². The van der Waals surface area contributed by atoms with Crippen LogP contribution in [-0.4, -0.2) is 43.5 Å². The molecule has 1 aromatic carbocycles. The molecule has 0 atom stereocenters. The van der Waals surface area contributed by atoms with Crippen molar-refractivity contribution in [2.45, 2.75) is 20.3 Å². The van der Waals surface area contributed by atoms with E-state index >= 15 is 0 Å². The van der Waals surface area contributed by atoms with Gasteiger partial charge in [0.15, 0.2) is 0 Å². The Balaban J connectivity index is 2.09. The fourth-order valence-electron chi connectivity index (χ4n) is 2.71. The maximum atomic E-state index is 14.0. The molecule has 4 nitrogen and oxygen atoms in total. The SMILES string of the molecule is CC(C)CCN1CCN(c2cc(Br)cc(F)c2C(N)=O)CC1. The first-order valence-electron chi connectivity index (χ1n) is 7.64. The number of hydrogen-bond donors (Lipinski definition) is 1. The van der Waals surface area contributed by atoms with E-state index in [9.17, 15) is 9.18 Å². The summed E-state index contributed by atoms with van der Waals surface area (Å²) in [5, 5.41) is 0. The minimum absolute atomic E-state index is 0.0150. The molecule has 0 bridgehead atoms. The molecule has 0 radical (unpaired) electrons. The third-order valence-electron chi connectivity index (χ3n) is 4.02. The van der Waals surface area contributed by atoms with Gasteiger partial charge in [-0.1, -0.05) is 29.8 Å². The molecule has 122 valence electrons. The Morgan fingerprint density at radius 2 is 1.95 bits per heavy atom. The van der Waals surface area contributed by atoms with E-state index in [-0.39, 0.29) is 5.56 Å². The van der Waals surface area contributed by atoms with Crippen LogP contribution in [-0.2, 0) is 0 Å². The monoisotopic (exact) mass is 371 g/mol. The number of halogens is 2. The average Bonchev–Trinajstić information content (AvgIpc) is 2.44. The lowest BCUT2D eigenvalue weighted by Gasteiger charge is -2.37. The summed E-state index contributed by atoms with van der Waals surface area (Å²) in [6.07, 6.45) is 1.18. The van der Waals surface area contributed by atoms with Gasteiger partial charge in [-0.2, -0.15) is 0 Å². The molecule has 0 saturated carbocycles. The molecule has 22 heavy (non-hydrogen) atoms. The molecule has 1 aromatic rings. The Morgan fingerprint density at radius 3 is 2.50 bits per heavy atom. The summed E-state index contributed by atoms with van der Waals surface area (Å²) >= 11 is 3.29. The number of anilines is 1. The Bertz CT molecular complexity index is 542. The third-order valence-corrected chi connectivity index (χ3v) is 4.47. The van der Waals surface area contributed by atoms with Gasteiger partial charge >= 0.3 is 0 Å². The van der Waals surface area contributed by atoms with Crippen LogP contribution < -0.4 is 10.6 Å². The summed E-state index contributed by atoms with van der Waals surface area (Å²) in [6, 6.07) is 3.05. The van der Waals surface area contributed by atoms with E-state index in [1.165, 1.54) is 12.5 Å². The molecule has 2 N–H and O–H groups in total. The van der Waals surface area contributed by atoms with E-state index in [4.69, 9.17) is 5.73 Å². The minimum Gasteiger partial charge on any atom is -0.368 e. The van der Waals surface area contributed by atoms with Crippen molar-refractivity contribution in [2.75, 3.05) is 37.6 Å². The Hall–Kier alpha value is -1.14. The fraction of sp³-hybridized carbons (Fsp3) is 0.562. The van der Waals surface area contributed by atoms with Crippen molar-refractivity contribution >= 4 is 27.5 Å². The van der Waals surface area contributed by atoms with Gasteiger partial charge in [0, 0.05) is 30.7 Å². The van der Waals surface area contributed by atoms with Crippen molar-refractivity contribution in [3.63, 3.8) is 0 Å². The van der Waals surface area contributed by atoms with Crippen LogP contribution in [0.1, 0.15) is 30.6 Å². The van der Waals surface area contributed by atoms with E-state index in [0.29, 0.717) is 16.1 Å². The number of benzene rings is 1. The van der Waals surface area contributed by atoms with Gasteiger partial charge in [0.05, 0.1) is 11.3 Å². The van der Waals surface area contributed by atoms with Crippen LogP contribution in [0.15, 0.2) is 16.6 Å². The first-order valence-corrected chi connectivity index (χ1v) is 8.44. The van der Waals surface area contributed by atoms with Crippen molar-refractivity contribution in [3.05, 3.63) is 28.0 Å². The topological polar surface area (TPSA) is 49.6 Å². The largest absolute Gasteiger partial charge is 0.368 e. The summed E-state index contributed by atoms with van der Waals surface area (Å²) in [4.78, 5) is 16.0. The number of primary amides is 1. The summed E-state index contributed by atoms with van der Waals surface area (Å²) in [5.41, 5.74) is 5.92. The first-order chi connectivity index (χ1) is 10.4. The van der Waals surface area contributed by atoms with Gasteiger partial charge in [-0.15, -0.1) is 0 Å². The predicted molar refractivity (Wildman–Crippen MR) is 90.7 cm³/mol. The van der Waals surface area contributed by atoms with Crippen LogP contribution in [0.5, 0.6) is 0 Å². The normalized spacial score (nSPS) is 16.3. The zero-order valence-electron chi connectivity index (χ0n) is 13.1. The molecule has 0 unspecified atom stereocenters. The maximum Gasteiger partial charge on any atom is 0.253 e. The second-order valence-corrected chi connectivity index (χ2v) is 7.07. The van der Waals surface area contributed by atoms with Crippen LogP contribution >= 0.6 is 15.9 Å². The highest BCUT2D eigenvalue weighted by Crippen LogP contribution is 2.28. The number of amides is 1. The second kappa shape index (κ2) is 7.42. The molecule has 1 heterocycles. The number of rotatable bonds is 5. The van der Waals surface area contributed by atoms with Crippen LogP contribution in [0, 0.1) is 11.7 Å². The minimum atomic E-state index is -0.720. The molecule has 0 spiro atoms. The number of nitrogens with zero attached hydrogens (tertiary/aromatic N) is 2. The maximum absolute atomic E-state index is 14.0. The van der Waals surface area contributed by atoms with E-state index in [1.807, 2.05) is 4.90 Å². The van der Waals surface area contributed by atoms with Gasteiger partial charge in [-0.3, -0.25) is 9.69 Å². The standard InChI is InChI=1S/C16H23BrFN3O/c1-11(2)3-4-20-5-7-21(8-6-20)14-10-12(17)9-13(18)15(14)16(19)22/h9-11H,3-8H2,1-2H3,(H2,19,22).